The molecule has 0 radical (unpaired) electrons. The van der Waals surface area contributed by atoms with E-state index in [4.69, 9.17) is 17.2 Å². The molecule has 0 saturated heterocycles. The fourth-order valence-electron chi connectivity index (χ4n) is 0.815. The number of amides is 1. The first-order chi connectivity index (χ1) is 8.09. The predicted molar refractivity (Wildman–Crippen MR) is 61.4 cm³/mol. The molecule has 2 rings (SSSR count). The lowest BCUT2D eigenvalue weighted by atomic mass is 10.3. The first kappa shape index (κ1) is 12.3. The Morgan fingerprint density at radius 3 is 2.18 bits per heavy atom. The minimum atomic E-state index is -0.504. The maximum atomic E-state index is 10.3. The van der Waals surface area contributed by atoms with Crippen molar-refractivity contribution in [3.63, 3.8) is 0 Å². The van der Waals surface area contributed by atoms with Crippen molar-refractivity contribution in [2.24, 2.45) is 5.73 Å². The van der Waals surface area contributed by atoms with E-state index in [9.17, 15) is 4.79 Å². The smallest absolute Gasteiger partial charge is 0.251 e. The topological polar surface area (TPSA) is 147 Å². The number of nitrogens with zero attached hydrogens (tertiary/aromatic N) is 4. The van der Waals surface area contributed by atoms with Gasteiger partial charge >= 0.3 is 0 Å². The predicted octanol–water partition coefficient (Wildman–Crippen LogP) is -0.783. The number of rotatable bonds is 1. The molecule has 0 bridgehead atoms. The monoisotopic (exact) mass is 233 g/mol. The number of carbonyl (C=O) groups excluding carboxylic acids is 1. The van der Waals surface area contributed by atoms with Crippen LogP contribution in [0.25, 0.3) is 0 Å². The van der Waals surface area contributed by atoms with E-state index >= 15 is 0 Å². The fourth-order valence-corrected chi connectivity index (χ4v) is 0.815. The zero-order valence-corrected chi connectivity index (χ0v) is 8.82. The molecule has 0 aliphatic carbocycles. The van der Waals surface area contributed by atoms with Crippen LogP contribution in [0.15, 0.2) is 31.0 Å². The molecule has 0 saturated carbocycles. The molecule has 17 heavy (non-hydrogen) atoms. The van der Waals surface area contributed by atoms with Crippen LogP contribution in [0.4, 0.5) is 11.8 Å². The highest BCUT2D eigenvalue weighted by molar-refractivity contribution is 5.91. The number of hydrogen-bond acceptors (Lipinski definition) is 7. The first-order valence-corrected chi connectivity index (χ1v) is 4.48. The van der Waals surface area contributed by atoms with Gasteiger partial charge in [-0.25, -0.2) is 15.0 Å². The molecule has 0 aromatic carbocycles. The molecule has 0 aliphatic heterocycles. The van der Waals surface area contributed by atoms with E-state index in [0.29, 0.717) is 11.4 Å². The molecule has 1 amide bonds. The molecule has 0 aliphatic rings. The van der Waals surface area contributed by atoms with Gasteiger partial charge in [-0.1, -0.05) is 0 Å². The Morgan fingerprint density at radius 1 is 1.18 bits per heavy atom. The summed E-state index contributed by atoms with van der Waals surface area (Å²) in [5, 5.41) is 0. The average molecular weight is 233 g/mol. The second kappa shape index (κ2) is 5.95. The van der Waals surface area contributed by atoms with E-state index in [1.54, 1.807) is 6.07 Å². The summed E-state index contributed by atoms with van der Waals surface area (Å²) in [5.74, 6) is 0.109. The summed E-state index contributed by atoms with van der Waals surface area (Å²) in [5.41, 5.74) is 15.6. The standard InChI is InChI=1S/C5H5N3O.C4H6N4/c6-5(9)4-1-7-3-8-2-4;5-3-1-2-7-4(6)8-3/h1-3H,(H2,6,9);1-2H,(H4,5,6,7,8). The van der Waals surface area contributed by atoms with Gasteiger partial charge in [0.2, 0.25) is 5.95 Å². The highest BCUT2D eigenvalue weighted by Crippen LogP contribution is 1.94. The molecule has 6 N–H and O–H groups in total. The van der Waals surface area contributed by atoms with E-state index in [0.717, 1.165) is 0 Å². The fraction of sp³-hybridized carbons (Fsp3) is 0. The normalized spacial score (nSPS) is 8.94. The Kier molecular flexibility index (Phi) is 4.31. The van der Waals surface area contributed by atoms with Crippen LogP contribution < -0.4 is 17.2 Å². The summed E-state index contributed by atoms with van der Waals surface area (Å²) in [6, 6.07) is 1.58. The van der Waals surface area contributed by atoms with Crippen molar-refractivity contribution in [2.45, 2.75) is 0 Å². The van der Waals surface area contributed by atoms with Gasteiger partial charge in [-0.3, -0.25) is 4.79 Å². The number of nitrogens with two attached hydrogens (primary N) is 3. The second-order valence-electron chi connectivity index (χ2n) is 2.83. The average Bonchev–Trinajstić information content (AvgIpc) is 2.30. The number of carbonyl (C=O) groups is 1. The van der Waals surface area contributed by atoms with Gasteiger partial charge in [-0.15, -0.1) is 0 Å². The minimum Gasteiger partial charge on any atom is -0.384 e. The molecular formula is C9H11N7O. The van der Waals surface area contributed by atoms with Crippen molar-refractivity contribution < 1.29 is 4.79 Å². The van der Waals surface area contributed by atoms with Gasteiger partial charge in [0.25, 0.3) is 5.91 Å². The van der Waals surface area contributed by atoms with Crippen LogP contribution in [-0.2, 0) is 0 Å². The Labute approximate surface area is 96.9 Å². The highest BCUT2D eigenvalue weighted by Gasteiger charge is 1.96. The molecule has 2 aromatic rings. The van der Waals surface area contributed by atoms with Crippen molar-refractivity contribution in [2.75, 3.05) is 11.5 Å². The van der Waals surface area contributed by atoms with Gasteiger partial charge in [-0.2, -0.15) is 4.98 Å². The van der Waals surface area contributed by atoms with E-state index in [1.807, 2.05) is 0 Å². The van der Waals surface area contributed by atoms with Gasteiger partial charge in [0.15, 0.2) is 0 Å². The van der Waals surface area contributed by atoms with Crippen LogP contribution in [0.5, 0.6) is 0 Å². The third-order valence-electron chi connectivity index (χ3n) is 1.54. The summed E-state index contributed by atoms with van der Waals surface area (Å²) in [7, 11) is 0. The maximum absolute atomic E-state index is 10.3. The van der Waals surface area contributed by atoms with Crippen LogP contribution >= 0.6 is 0 Å². The molecule has 2 heterocycles. The van der Waals surface area contributed by atoms with Gasteiger partial charge in [-0.05, 0) is 6.07 Å². The Bertz CT molecular complexity index is 470. The molecule has 0 unspecified atom stereocenters. The molecule has 0 spiro atoms. The van der Waals surface area contributed by atoms with Crippen LogP contribution in [0, 0.1) is 0 Å². The Balaban J connectivity index is 0.000000171. The van der Waals surface area contributed by atoms with Crippen molar-refractivity contribution in [3.05, 3.63) is 36.5 Å². The van der Waals surface area contributed by atoms with Gasteiger partial charge in [0.1, 0.15) is 12.1 Å². The zero-order chi connectivity index (χ0) is 12.7. The van der Waals surface area contributed by atoms with Crippen molar-refractivity contribution >= 4 is 17.7 Å². The van der Waals surface area contributed by atoms with Gasteiger partial charge < -0.3 is 17.2 Å². The number of primary amides is 1. The van der Waals surface area contributed by atoms with Gasteiger partial charge in [0.05, 0.1) is 5.56 Å². The van der Waals surface area contributed by atoms with E-state index in [1.165, 1.54) is 24.9 Å². The lowest BCUT2D eigenvalue weighted by Crippen LogP contribution is -2.11. The molecule has 8 nitrogen and oxygen atoms in total. The van der Waals surface area contributed by atoms with Crippen LogP contribution in [0.1, 0.15) is 10.4 Å². The Hall–Kier alpha value is -2.77. The molecule has 2 aromatic heterocycles. The molecule has 0 fully saturated rings. The lowest BCUT2D eigenvalue weighted by Gasteiger charge is -1.89. The molecular weight excluding hydrogens is 222 g/mol. The number of nitrogen functional groups attached to an aromatic ring is 2. The number of anilines is 2. The van der Waals surface area contributed by atoms with Crippen molar-refractivity contribution in [1.29, 1.82) is 0 Å². The molecule has 0 atom stereocenters. The number of hydrogen-bond donors (Lipinski definition) is 3. The van der Waals surface area contributed by atoms with Gasteiger partial charge in [0, 0.05) is 18.6 Å². The Morgan fingerprint density at radius 2 is 1.82 bits per heavy atom. The number of aromatic nitrogens is 4. The van der Waals surface area contributed by atoms with E-state index < -0.39 is 5.91 Å². The first-order valence-electron chi connectivity index (χ1n) is 4.48. The summed E-state index contributed by atoms with van der Waals surface area (Å²) < 4.78 is 0. The maximum Gasteiger partial charge on any atom is 0.251 e. The third kappa shape index (κ3) is 4.51. The summed E-state index contributed by atoms with van der Waals surface area (Å²) in [6.07, 6.45) is 5.59. The van der Waals surface area contributed by atoms with Crippen molar-refractivity contribution in [1.82, 2.24) is 19.9 Å². The second-order valence-corrected chi connectivity index (χ2v) is 2.83. The highest BCUT2D eigenvalue weighted by atomic mass is 16.1. The van der Waals surface area contributed by atoms with Crippen molar-refractivity contribution in [3.8, 4) is 0 Å². The van der Waals surface area contributed by atoms with Crippen LogP contribution in [-0.4, -0.2) is 25.8 Å². The minimum absolute atomic E-state index is 0.213. The molecule has 88 valence electrons. The van der Waals surface area contributed by atoms with E-state index in [2.05, 4.69) is 19.9 Å². The lowest BCUT2D eigenvalue weighted by molar-refractivity contribution is 0.0999. The van der Waals surface area contributed by atoms with Crippen LogP contribution in [0.3, 0.4) is 0 Å². The summed E-state index contributed by atoms with van der Waals surface area (Å²) in [6.45, 7) is 0. The zero-order valence-electron chi connectivity index (χ0n) is 8.82. The largest absolute Gasteiger partial charge is 0.384 e. The molecule has 8 heteroatoms. The third-order valence-corrected chi connectivity index (χ3v) is 1.54. The SMILES string of the molecule is NC(=O)c1cncnc1.Nc1ccnc(N)n1. The van der Waals surface area contributed by atoms with Crippen LogP contribution in [0.2, 0.25) is 0 Å². The van der Waals surface area contributed by atoms with E-state index in [-0.39, 0.29) is 5.95 Å². The summed E-state index contributed by atoms with van der Waals surface area (Å²) in [4.78, 5) is 24.8. The quantitative estimate of drug-likeness (QED) is 0.585. The summed E-state index contributed by atoms with van der Waals surface area (Å²) >= 11 is 0.